The molecule has 3 aromatic rings. The van der Waals surface area contributed by atoms with E-state index in [1.807, 2.05) is 16.2 Å². The number of rotatable bonds is 5. The number of aromatic nitrogens is 1. The van der Waals surface area contributed by atoms with Crippen molar-refractivity contribution in [1.29, 1.82) is 0 Å². The molecule has 0 bridgehead atoms. The first kappa shape index (κ1) is 22.7. The topological polar surface area (TPSA) is 63.6 Å². The molecule has 5 rings (SSSR count). The number of nitrogens with zero attached hydrogens (tertiary/aromatic N) is 2. The molecule has 0 unspecified atom stereocenters. The van der Waals surface area contributed by atoms with Gasteiger partial charge < -0.3 is 19.5 Å². The van der Waals surface area contributed by atoms with Gasteiger partial charge in [-0.2, -0.15) is 0 Å². The van der Waals surface area contributed by atoms with E-state index in [2.05, 4.69) is 59.4 Å². The summed E-state index contributed by atoms with van der Waals surface area (Å²) < 4.78 is 7.30. The Balaban J connectivity index is 1.59. The normalized spacial score (nSPS) is 16.8. The second kappa shape index (κ2) is 9.66. The van der Waals surface area contributed by atoms with Crippen LogP contribution in [0.3, 0.4) is 0 Å². The maximum absolute atomic E-state index is 13.6. The summed E-state index contributed by atoms with van der Waals surface area (Å²) >= 11 is 1.87. The molecule has 3 heterocycles. The summed E-state index contributed by atoms with van der Waals surface area (Å²) in [5.41, 5.74) is 6.05. The third kappa shape index (κ3) is 4.13. The van der Waals surface area contributed by atoms with Crippen LogP contribution < -0.4 is 5.32 Å². The molecule has 0 saturated carbocycles. The van der Waals surface area contributed by atoms with Crippen molar-refractivity contribution in [2.24, 2.45) is 0 Å². The van der Waals surface area contributed by atoms with E-state index in [1.54, 1.807) is 6.92 Å². The van der Waals surface area contributed by atoms with Gasteiger partial charge in [-0.25, -0.2) is 4.79 Å². The van der Waals surface area contributed by atoms with Crippen molar-refractivity contribution in [2.45, 2.75) is 58.5 Å². The van der Waals surface area contributed by atoms with Crippen LogP contribution in [-0.2, 0) is 35.3 Å². The summed E-state index contributed by atoms with van der Waals surface area (Å²) in [4.78, 5) is 28.9. The minimum Gasteiger partial charge on any atom is -0.465 e. The van der Waals surface area contributed by atoms with Crippen LogP contribution in [0.15, 0.2) is 42.6 Å². The average molecular weight is 478 g/mol. The zero-order valence-electron chi connectivity index (χ0n) is 19.8. The number of hydrogen-bond donors (Lipinski definition) is 1. The molecule has 0 spiro atoms. The molecule has 34 heavy (non-hydrogen) atoms. The number of esters is 1. The highest BCUT2D eigenvalue weighted by Gasteiger charge is 2.36. The largest absolute Gasteiger partial charge is 0.465 e. The molecule has 1 atom stereocenters. The molecule has 178 valence electrons. The Kier molecular flexibility index (Phi) is 6.46. The van der Waals surface area contributed by atoms with Crippen molar-refractivity contribution < 1.29 is 14.3 Å². The molecule has 2 amide bonds. The number of ether oxygens (including phenoxy) is 1. The van der Waals surface area contributed by atoms with Crippen LogP contribution in [0, 0.1) is 0 Å². The van der Waals surface area contributed by atoms with E-state index < -0.39 is 5.97 Å². The second-order valence-corrected chi connectivity index (χ2v) is 9.97. The van der Waals surface area contributed by atoms with Crippen LogP contribution in [0.1, 0.15) is 65.6 Å². The molecule has 1 aliphatic carbocycles. The Hall–Kier alpha value is -3.06. The number of thiophene rings is 1. The van der Waals surface area contributed by atoms with Crippen molar-refractivity contribution in [3.63, 3.8) is 0 Å². The molecule has 7 heteroatoms. The number of carbonyl (C=O) groups is 2. The highest BCUT2D eigenvalue weighted by molar-refractivity contribution is 7.15. The van der Waals surface area contributed by atoms with E-state index in [9.17, 15) is 9.59 Å². The lowest BCUT2D eigenvalue weighted by Crippen LogP contribution is -2.44. The number of amides is 2. The van der Waals surface area contributed by atoms with E-state index in [-0.39, 0.29) is 18.6 Å². The van der Waals surface area contributed by atoms with Gasteiger partial charge in [0, 0.05) is 16.6 Å². The summed E-state index contributed by atoms with van der Waals surface area (Å²) in [7, 11) is 0. The fourth-order valence-corrected chi connectivity index (χ4v) is 6.54. The Bertz CT molecular complexity index is 1190. The van der Waals surface area contributed by atoms with Crippen molar-refractivity contribution in [3.05, 3.63) is 75.4 Å². The van der Waals surface area contributed by atoms with E-state index >= 15 is 0 Å². The number of benzene rings is 1. The number of aryl methyl sites for hydroxylation is 2. The molecule has 2 aromatic heterocycles. The average Bonchev–Trinajstić information content (AvgIpc) is 3.45. The maximum Gasteiger partial charge on any atom is 0.325 e. The first-order valence-corrected chi connectivity index (χ1v) is 13.0. The van der Waals surface area contributed by atoms with Gasteiger partial charge in [0.05, 0.1) is 24.9 Å². The maximum atomic E-state index is 13.6. The van der Waals surface area contributed by atoms with Crippen LogP contribution in [0.25, 0.3) is 5.00 Å². The minimum absolute atomic E-state index is 0.139. The molecule has 6 nitrogen and oxygen atoms in total. The fraction of sp³-hybridized carbons (Fsp3) is 0.407. The zero-order valence-corrected chi connectivity index (χ0v) is 20.6. The molecule has 1 N–H and O–H groups in total. The van der Waals surface area contributed by atoms with Gasteiger partial charge in [-0.1, -0.05) is 31.2 Å². The Morgan fingerprint density at radius 1 is 1.09 bits per heavy atom. The highest BCUT2D eigenvalue weighted by atomic mass is 32.1. The molecule has 0 fully saturated rings. The number of nitrogens with one attached hydrogen (secondary N) is 1. The standard InChI is InChI=1S/C27H31N3O3S/c1-3-18-11-13-19(14-12-18)25-22-9-7-15-29(22)26-21(20-8-5-6-10-23(20)34-26)17-30(25)27(32)28-16-24(31)33-4-2/h7,9,11-15,25H,3-6,8,10,16-17H2,1-2H3,(H,28,32)/t25-/m1/s1. The molecule has 0 saturated heterocycles. The monoisotopic (exact) mass is 477 g/mol. The van der Waals surface area contributed by atoms with Crippen LogP contribution >= 0.6 is 11.3 Å². The molecule has 0 radical (unpaired) electrons. The van der Waals surface area contributed by atoms with Gasteiger partial charge in [-0.3, -0.25) is 4.79 Å². The highest BCUT2D eigenvalue weighted by Crippen LogP contribution is 2.44. The van der Waals surface area contributed by atoms with E-state index in [1.165, 1.54) is 39.4 Å². The predicted octanol–water partition coefficient (Wildman–Crippen LogP) is 5.16. The lowest BCUT2D eigenvalue weighted by atomic mass is 9.95. The summed E-state index contributed by atoms with van der Waals surface area (Å²) in [5.74, 6) is -0.425. The summed E-state index contributed by atoms with van der Waals surface area (Å²) in [6.07, 6.45) is 7.66. The lowest BCUT2D eigenvalue weighted by molar-refractivity contribution is -0.141. The first-order chi connectivity index (χ1) is 16.6. The molecule has 2 aliphatic rings. The minimum atomic E-state index is -0.425. The third-order valence-corrected chi connectivity index (χ3v) is 8.17. The molecular weight excluding hydrogens is 446 g/mol. The fourth-order valence-electron chi connectivity index (χ4n) is 5.13. The van der Waals surface area contributed by atoms with Gasteiger partial charge in [0.2, 0.25) is 0 Å². The summed E-state index contributed by atoms with van der Waals surface area (Å²) in [6, 6.07) is 12.2. The van der Waals surface area contributed by atoms with Crippen LogP contribution in [0.2, 0.25) is 0 Å². The van der Waals surface area contributed by atoms with Gasteiger partial charge in [0.1, 0.15) is 11.5 Å². The predicted molar refractivity (Wildman–Crippen MR) is 134 cm³/mol. The number of fused-ring (bicyclic) bond motifs is 5. The van der Waals surface area contributed by atoms with Crippen molar-refractivity contribution in [1.82, 2.24) is 14.8 Å². The van der Waals surface area contributed by atoms with Crippen molar-refractivity contribution in [3.8, 4) is 5.00 Å². The Labute approximate surface area is 204 Å². The van der Waals surface area contributed by atoms with Crippen molar-refractivity contribution >= 4 is 23.3 Å². The third-order valence-electron chi connectivity index (χ3n) is 6.83. The smallest absolute Gasteiger partial charge is 0.325 e. The van der Waals surface area contributed by atoms with Gasteiger partial charge in [-0.15, -0.1) is 11.3 Å². The second-order valence-electron chi connectivity index (χ2n) is 8.89. The van der Waals surface area contributed by atoms with Gasteiger partial charge in [-0.05, 0) is 67.9 Å². The summed E-state index contributed by atoms with van der Waals surface area (Å²) in [5, 5.41) is 4.04. The number of hydrogen-bond acceptors (Lipinski definition) is 4. The van der Waals surface area contributed by atoms with Gasteiger partial charge in [0.25, 0.3) is 0 Å². The zero-order chi connectivity index (χ0) is 23.7. The van der Waals surface area contributed by atoms with Gasteiger partial charge in [0.15, 0.2) is 0 Å². The molecular formula is C27H31N3O3S. The van der Waals surface area contributed by atoms with Crippen LogP contribution in [0.4, 0.5) is 4.79 Å². The molecule has 1 aromatic carbocycles. The lowest BCUT2D eigenvalue weighted by Gasteiger charge is -2.31. The van der Waals surface area contributed by atoms with Crippen LogP contribution in [-0.4, -0.2) is 34.6 Å². The SMILES string of the molecule is CCOC(=O)CNC(=O)N1Cc2c(sc3c2CCCC3)-n2cccc2[C@H]1c1ccc(CC)cc1. The van der Waals surface area contributed by atoms with E-state index in [0.29, 0.717) is 13.2 Å². The Morgan fingerprint density at radius 2 is 1.88 bits per heavy atom. The summed E-state index contributed by atoms with van der Waals surface area (Å²) in [6.45, 7) is 4.57. The Morgan fingerprint density at radius 3 is 2.65 bits per heavy atom. The number of urea groups is 1. The van der Waals surface area contributed by atoms with Gasteiger partial charge >= 0.3 is 12.0 Å². The van der Waals surface area contributed by atoms with Crippen LogP contribution in [0.5, 0.6) is 0 Å². The molecule has 1 aliphatic heterocycles. The van der Waals surface area contributed by atoms with E-state index in [0.717, 1.165) is 30.5 Å². The van der Waals surface area contributed by atoms with E-state index in [4.69, 9.17) is 4.74 Å². The number of carbonyl (C=O) groups excluding carboxylic acids is 2. The first-order valence-electron chi connectivity index (χ1n) is 12.2. The van der Waals surface area contributed by atoms with Crippen molar-refractivity contribution in [2.75, 3.05) is 13.2 Å². The quantitative estimate of drug-likeness (QED) is 0.517.